The second-order valence-electron chi connectivity index (χ2n) is 2.87. The van der Waals surface area contributed by atoms with Gasteiger partial charge in [-0.2, -0.15) is 0 Å². The van der Waals surface area contributed by atoms with Gasteiger partial charge in [0.1, 0.15) is 5.75 Å². The molecule has 2 aromatic carbocycles. The molecule has 0 aromatic heterocycles. The molecule has 0 N–H and O–H groups in total. The Morgan fingerprint density at radius 1 is 1.21 bits per heavy atom. The fraction of sp³-hybridized carbons (Fsp3) is 0.0833. The van der Waals surface area contributed by atoms with Crippen LogP contribution in [0, 0.1) is 0 Å². The normalized spacial score (nSPS) is 14.1. The monoisotopic (exact) mass is 189 g/mol. The molecule has 0 unspecified atom stereocenters. The van der Waals surface area contributed by atoms with E-state index < -0.39 is 12.8 Å². The van der Waals surface area contributed by atoms with Crippen molar-refractivity contribution in [3.8, 4) is 5.75 Å². The molecule has 0 aliphatic carbocycles. The zero-order chi connectivity index (χ0) is 12.5. The van der Waals surface area contributed by atoms with Crippen LogP contribution in [-0.4, -0.2) is 5.97 Å². The lowest BCUT2D eigenvalue weighted by molar-refractivity contribution is -0.131. The molecule has 14 heavy (non-hydrogen) atoms. The quantitative estimate of drug-likeness (QED) is 0.509. The second-order valence-corrected chi connectivity index (χ2v) is 2.87. The number of hydrogen-bond acceptors (Lipinski definition) is 2. The van der Waals surface area contributed by atoms with Crippen LogP contribution in [0.1, 0.15) is 11.0 Å². The highest BCUT2D eigenvalue weighted by molar-refractivity contribution is 5.90. The first kappa shape index (κ1) is 5.81. The van der Waals surface area contributed by atoms with Crippen molar-refractivity contribution in [1.82, 2.24) is 0 Å². The lowest BCUT2D eigenvalue weighted by atomic mass is 10.1. The number of hydrogen-bond donors (Lipinski definition) is 0. The molecule has 2 heteroatoms. The van der Waals surface area contributed by atoms with Gasteiger partial charge in [0.05, 0.1) is 0 Å². The van der Waals surface area contributed by atoms with Gasteiger partial charge in [0.2, 0.25) is 0 Å². The molecule has 0 aliphatic heterocycles. The van der Waals surface area contributed by atoms with E-state index in [9.17, 15) is 4.79 Å². The van der Waals surface area contributed by atoms with Gasteiger partial charge in [-0.15, -0.1) is 0 Å². The van der Waals surface area contributed by atoms with Crippen molar-refractivity contribution < 1.29 is 13.6 Å². The van der Waals surface area contributed by atoms with E-state index >= 15 is 0 Å². The highest BCUT2D eigenvalue weighted by Crippen LogP contribution is 2.24. The molecule has 2 nitrogen and oxygen atoms in total. The molecular formula is C12H10O2. The van der Waals surface area contributed by atoms with Crippen LogP contribution in [0.3, 0.4) is 0 Å². The number of esters is 1. The van der Waals surface area contributed by atoms with Gasteiger partial charge in [0, 0.05) is 16.4 Å². The van der Waals surface area contributed by atoms with Crippen LogP contribution in [0.25, 0.3) is 10.8 Å². The lowest BCUT2D eigenvalue weighted by Gasteiger charge is -2.04. The fourth-order valence-corrected chi connectivity index (χ4v) is 1.38. The third kappa shape index (κ3) is 1.59. The van der Waals surface area contributed by atoms with Gasteiger partial charge in [-0.3, -0.25) is 4.79 Å². The van der Waals surface area contributed by atoms with Crippen molar-refractivity contribution >= 4 is 16.7 Å². The SMILES string of the molecule is [2H]C([2H])([2H])C(=O)Oc1cccc2ccccc12. The second kappa shape index (κ2) is 3.50. The van der Waals surface area contributed by atoms with Gasteiger partial charge >= 0.3 is 5.97 Å². The Morgan fingerprint density at radius 2 is 2.00 bits per heavy atom. The van der Waals surface area contributed by atoms with Crippen LogP contribution >= 0.6 is 0 Å². The Hall–Kier alpha value is -1.83. The molecular weight excluding hydrogens is 176 g/mol. The number of ether oxygens (including phenoxy) is 1. The van der Waals surface area contributed by atoms with E-state index in [0.717, 1.165) is 5.39 Å². The Balaban J connectivity index is 2.40. The predicted octanol–water partition coefficient (Wildman–Crippen LogP) is 2.77. The summed E-state index contributed by atoms with van der Waals surface area (Å²) in [7, 11) is 0. The summed E-state index contributed by atoms with van der Waals surface area (Å²) in [4.78, 5) is 11.3. The molecule has 70 valence electrons. The van der Waals surface area contributed by atoms with Gasteiger partial charge in [-0.05, 0) is 11.5 Å². The molecule has 0 heterocycles. The minimum atomic E-state index is -2.74. The standard InChI is InChI=1S/C12H10O2/c1-9(13)14-12-8-4-6-10-5-2-3-7-11(10)12/h2-8H,1H3/i1D3. The molecule has 0 fully saturated rings. The van der Waals surface area contributed by atoms with Crippen molar-refractivity contribution in [3.05, 3.63) is 42.5 Å². The Bertz CT molecular complexity index is 556. The number of benzene rings is 2. The molecule has 0 saturated carbocycles. The summed E-state index contributed by atoms with van der Waals surface area (Å²) in [5.74, 6) is -0.946. The van der Waals surface area contributed by atoms with Crippen LogP contribution in [0.5, 0.6) is 5.75 Å². The van der Waals surface area contributed by atoms with E-state index in [-0.39, 0.29) is 5.75 Å². The van der Waals surface area contributed by atoms with Gasteiger partial charge in [0.25, 0.3) is 0 Å². The first-order chi connectivity index (χ1) is 7.98. The number of carbonyl (C=O) groups excluding carboxylic acids is 1. The van der Waals surface area contributed by atoms with Gasteiger partial charge < -0.3 is 4.74 Å². The van der Waals surface area contributed by atoms with Crippen LogP contribution in [0.2, 0.25) is 0 Å². The molecule has 2 aromatic rings. The minimum Gasteiger partial charge on any atom is -0.426 e. The molecule has 0 saturated heterocycles. The first-order valence-corrected chi connectivity index (χ1v) is 4.18. The molecule has 0 bridgehead atoms. The average Bonchev–Trinajstić information content (AvgIpc) is 2.28. The van der Waals surface area contributed by atoms with Crippen molar-refractivity contribution in [3.63, 3.8) is 0 Å². The zero-order valence-electron chi connectivity index (χ0n) is 10.4. The predicted molar refractivity (Wildman–Crippen MR) is 55.3 cm³/mol. The molecule has 0 amide bonds. The van der Waals surface area contributed by atoms with Gasteiger partial charge in [-0.1, -0.05) is 36.4 Å². The maximum atomic E-state index is 11.3. The molecule has 0 spiro atoms. The van der Waals surface area contributed by atoms with Crippen LogP contribution in [-0.2, 0) is 4.79 Å². The Labute approximate surface area is 86.3 Å². The number of carbonyl (C=O) groups is 1. The number of rotatable bonds is 1. The number of fused-ring (bicyclic) bond motifs is 1. The minimum absolute atomic E-state index is 0.268. The lowest BCUT2D eigenvalue weighted by Crippen LogP contribution is -2.01. The smallest absolute Gasteiger partial charge is 0.308 e. The topological polar surface area (TPSA) is 26.3 Å². The van der Waals surface area contributed by atoms with E-state index in [2.05, 4.69) is 0 Å². The summed E-state index contributed by atoms with van der Waals surface area (Å²) in [6.45, 7) is -2.74. The Morgan fingerprint density at radius 3 is 2.86 bits per heavy atom. The van der Waals surface area contributed by atoms with Crippen LogP contribution in [0.15, 0.2) is 42.5 Å². The summed E-state index contributed by atoms with van der Waals surface area (Å²) < 4.78 is 25.8. The van der Waals surface area contributed by atoms with E-state index in [4.69, 9.17) is 8.85 Å². The molecule has 0 atom stereocenters. The summed E-state index contributed by atoms with van der Waals surface area (Å²) in [5.41, 5.74) is 0. The molecule has 2 rings (SSSR count). The summed E-state index contributed by atoms with van der Waals surface area (Å²) >= 11 is 0. The van der Waals surface area contributed by atoms with Crippen LogP contribution < -0.4 is 4.74 Å². The molecule has 0 radical (unpaired) electrons. The fourth-order valence-electron chi connectivity index (χ4n) is 1.38. The van der Waals surface area contributed by atoms with Gasteiger partial charge in [0.15, 0.2) is 0 Å². The van der Waals surface area contributed by atoms with E-state index in [0.29, 0.717) is 5.39 Å². The van der Waals surface area contributed by atoms with Crippen molar-refractivity contribution in [1.29, 1.82) is 0 Å². The first-order valence-electron chi connectivity index (χ1n) is 5.68. The maximum absolute atomic E-state index is 11.3. The molecule has 0 aliphatic rings. The van der Waals surface area contributed by atoms with Crippen molar-refractivity contribution in [2.45, 2.75) is 6.85 Å². The van der Waals surface area contributed by atoms with Crippen molar-refractivity contribution in [2.24, 2.45) is 0 Å². The van der Waals surface area contributed by atoms with Gasteiger partial charge in [-0.25, -0.2) is 0 Å². The largest absolute Gasteiger partial charge is 0.426 e. The highest BCUT2D eigenvalue weighted by Gasteiger charge is 2.02. The third-order valence-electron chi connectivity index (χ3n) is 1.95. The zero-order valence-corrected chi connectivity index (χ0v) is 7.36. The Kier molecular flexibility index (Phi) is 1.45. The summed E-state index contributed by atoms with van der Waals surface area (Å²) in [6, 6.07) is 12.4. The van der Waals surface area contributed by atoms with E-state index in [1.165, 1.54) is 0 Å². The maximum Gasteiger partial charge on any atom is 0.308 e. The summed E-state index contributed by atoms with van der Waals surface area (Å²) in [6.07, 6.45) is 0. The van der Waals surface area contributed by atoms with E-state index in [1.807, 2.05) is 18.2 Å². The summed E-state index contributed by atoms with van der Waals surface area (Å²) in [5, 5.41) is 1.61. The highest BCUT2D eigenvalue weighted by atomic mass is 16.5. The van der Waals surface area contributed by atoms with Crippen LogP contribution in [0.4, 0.5) is 0 Å². The average molecular weight is 189 g/mol. The van der Waals surface area contributed by atoms with E-state index in [1.54, 1.807) is 24.3 Å². The third-order valence-corrected chi connectivity index (χ3v) is 1.95. The van der Waals surface area contributed by atoms with Crippen molar-refractivity contribution in [2.75, 3.05) is 0 Å².